The molecule has 0 saturated heterocycles. The molecule has 0 aliphatic carbocycles. The fourth-order valence-electron chi connectivity index (χ4n) is 4.55. The van der Waals surface area contributed by atoms with Crippen LogP contribution in [0.15, 0.2) is 72.8 Å². The van der Waals surface area contributed by atoms with Crippen molar-refractivity contribution in [2.45, 2.75) is 59.0 Å². The van der Waals surface area contributed by atoms with Crippen molar-refractivity contribution >= 4 is 50.7 Å². The molecule has 0 radical (unpaired) electrons. The molecule has 1 atom stereocenters. The Bertz CT molecular complexity index is 1510. The summed E-state index contributed by atoms with van der Waals surface area (Å²) in [7, 11) is -3.86. The standard InChI is InChI=1S/C33H41Cl2N3O4S/c1-23(2)20-36-32(40)30(19-24-10-8-7-9-11-24)37(21-25-12-17-28(34)29(35)18-25)31(39)22-38(43(6,41)42)27-15-13-26(14-16-27)33(3,4)5/h7-18,23,30H,19-22H2,1-6H3,(H,36,40). The van der Waals surface area contributed by atoms with Crippen molar-refractivity contribution in [2.24, 2.45) is 5.92 Å². The first-order valence-electron chi connectivity index (χ1n) is 14.2. The Morgan fingerprint density at radius 2 is 1.51 bits per heavy atom. The Balaban J connectivity index is 2.06. The van der Waals surface area contributed by atoms with Crippen LogP contribution in [0.4, 0.5) is 5.69 Å². The molecule has 1 N–H and O–H groups in total. The minimum atomic E-state index is -3.86. The van der Waals surface area contributed by atoms with Crippen LogP contribution in [-0.4, -0.2) is 50.5 Å². The van der Waals surface area contributed by atoms with E-state index < -0.39 is 28.5 Å². The number of benzene rings is 3. The molecule has 3 rings (SSSR count). The Hall–Kier alpha value is -3.07. The van der Waals surface area contributed by atoms with E-state index in [-0.39, 0.29) is 30.2 Å². The molecular weight excluding hydrogens is 605 g/mol. The molecule has 2 amide bonds. The van der Waals surface area contributed by atoms with E-state index in [0.717, 1.165) is 21.7 Å². The molecular formula is C33H41Cl2N3O4S. The Labute approximate surface area is 266 Å². The first-order chi connectivity index (χ1) is 20.1. The summed E-state index contributed by atoms with van der Waals surface area (Å²) in [5.74, 6) is -0.666. The van der Waals surface area contributed by atoms with Crippen molar-refractivity contribution in [1.29, 1.82) is 0 Å². The molecule has 0 aromatic heterocycles. The fourth-order valence-corrected chi connectivity index (χ4v) is 5.72. The van der Waals surface area contributed by atoms with Gasteiger partial charge in [-0.25, -0.2) is 8.42 Å². The maximum Gasteiger partial charge on any atom is 0.244 e. The number of nitrogens with one attached hydrogen (secondary N) is 1. The third-order valence-corrected chi connectivity index (χ3v) is 8.87. The lowest BCUT2D eigenvalue weighted by atomic mass is 9.87. The molecule has 0 heterocycles. The third-order valence-electron chi connectivity index (χ3n) is 6.99. The zero-order valence-electron chi connectivity index (χ0n) is 25.6. The van der Waals surface area contributed by atoms with Crippen LogP contribution >= 0.6 is 23.2 Å². The fraction of sp³-hybridized carbons (Fsp3) is 0.394. The number of hydrogen-bond acceptors (Lipinski definition) is 4. The van der Waals surface area contributed by atoms with Crippen molar-refractivity contribution in [3.63, 3.8) is 0 Å². The van der Waals surface area contributed by atoms with Gasteiger partial charge in [-0.1, -0.05) is 106 Å². The molecule has 0 aliphatic heterocycles. The highest BCUT2D eigenvalue weighted by atomic mass is 35.5. The van der Waals surface area contributed by atoms with Gasteiger partial charge in [-0.2, -0.15) is 0 Å². The number of sulfonamides is 1. The largest absolute Gasteiger partial charge is 0.354 e. The van der Waals surface area contributed by atoms with Gasteiger partial charge in [0.2, 0.25) is 21.8 Å². The lowest BCUT2D eigenvalue weighted by Crippen LogP contribution is -2.53. The summed E-state index contributed by atoms with van der Waals surface area (Å²) in [6.45, 7) is 10.1. The van der Waals surface area contributed by atoms with Gasteiger partial charge in [0.1, 0.15) is 12.6 Å². The normalized spacial score (nSPS) is 12.6. The van der Waals surface area contributed by atoms with Crippen molar-refractivity contribution in [1.82, 2.24) is 10.2 Å². The van der Waals surface area contributed by atoms with E-state index in [2.05, 4.69) is 26.1 Å². The number of amides is 2. The van der Waals surface area contributed by atoms with Gasteiger partial charge < -0.3 is 10.2 Å². The number of carbonyl (C=O) groups excluding carboxylic acids is 2. The minimum absolute atomic E-state index is 0.0168. The Kier molecular flexibility index (Phi) is 11.7. The van der Waals surface area contributed by atoms with Gasteiger partial charge in [0.25, 0.3) is 0 Å². The van der Waals surface area contributed by atoms with E-state index in [4.69, 9.17) is 23.2 Å². The second kappa shape index (κ2) is 14.6. The van der Waals surface area contributed by atoms with Crippen molar-refractivity contribution in [3.8, 4) is 0 Å². The maximum absolute atomic E-state index is 14.2. The highest BCUT2D eigenvalue weighted by Crippen LogP contribution is 2.27. The number of rotatable bonds is 12. The Morgan fingerprint density at radius 3 is 2.05 bits per heavy atom. The average molecular weight is 647 g/mol. The van der Waals surface area contributed by atoms with Gasteiger partial charge in [-0.15, -0.1) is 0 Å². The summed E-state index contributed by atoms with van der Waals surface area (Å²) in [6, 6.07) is 20.6. The van der Waals surface area contributed by atoms with Crippen LogP contribution in [0, 0.1) is 5.92 Å². The van der Waals surface area contributed by atoms with Crippen LogP contribution in [0.1, 0.15) is 51.3 Å². The number of anilines is 1. The molecule has 3 aromatic carbocycles. The molecule has 43 heavy (non-hydrogen) atoms. The monoisotopic (exact) mass is 645 g/mol. The zero-order chi connectivity index (χ0) is 31.9. The van der Waals surface area contributed by atoms with E-state index >= 15 is 0 Å². The first kappa shape index (κ1) is 34.4. The lowest BCUT2D eigenvalue weighted by Gasteiger charge is -2.34. The summed E-state index contributed by atoms with van der Waals surface area (Å²) in [4.78, 5) is 29.4. The van der Waals surface area contributed by atoms with Crippen LogP contribution in [0.2, 0.25) is 10.0 Å². The summed E-state index contributed by atoms with van der Waals surface area (Å²) in [6.07, 6.45) is 1.30. The van der Waals surface area contributed by atoms with E-state index in [1.54, 1.807) is 30.3 Å². The molecule has 10 heteroatoms. The van der Waals surface area contributed by atoms with Gasteiger partial charge >= 0.3 is 0 Å². The van der Waals surface area contributed by atoms with Crippen LogP contribution in [0.25, 0.3) is 0 Å². The Morgan fingerprint density at radius 1 is 0.884 bits per heavy atom. The molecule has 0 aliphatic rings. The second-order valence-electron chi connectivity index (χ2n) is 12.2. The van der Waals surface area contributed by atoms with Crippen molar-refractivity contribution < 1.29 is 18.0 Å². The van der Waals surface area contributed by atoms with Gasteiger partial charge in [0.15, 0.2) is 0 Å². The number of nitrogens with zero attached hydrogens (tertiary/aromatic N) is 2. The minimum Gasteiger partial charge on any atom is -0.354 e. The molecule has 3 aromatic rings. The molecule has 0 bridgehead atoms. The highest BCUT2D eigenvalue weighted by molar-refractivity contribution is 7.92. The van der Waals surface area contributed by atoms with E-state index in [1.165, 1.54) is 4.90 Å². The summed E-state index contributed by atoms with van der Waals surface area (Å²) in [5, 5.41) is 3.64. The van der Waals surface area contributed by atoms with Crippen LogP contribution in [0.3, 0.4) is 0 Å². The molecule has 0 saturated carbocycles. The number of carbonyl (C=O) groups is 2. The molecule has 1 unspecified atom stereocenters. The maximum atomic E-state index is 14.2. The summed E-state index contributed by atoms with van der Waals surface area (Å²) < 4.78 is 27.1. The average Bonchev–Trinajstić information content (AvgIpc) is 2.93. The summed E-state index contributed by atoms with van der Waals surface area (Å²) >= 11 is 12.4. The predicted molar refractivity (Wildman–Crippen MR) is 176 cm³/mol. The first-order valence-corrected chi connectivity index (χ1v) is 16.8. The molecule has 232 valence electrons. The van der Waals surface area contributed by atoms with Crippen molar-refractivity contribution in [2.75, 3.05) is 23.7 Å². The van der Waals surface area contributed by atoms with Crippen molar-refractivity contribution in [3.05, 3.63) is 99.5 Å². The summed E-state index contributed by atoms with van der Waals surface area (Å²) in [5.41, 5.74) is 2.77. The second-order valence-corrected chi connectivity index (χ2v) is 14.9. The molecule has 0 spiro atoms. The smallest absolute Gasteiger partial charge is 0.244 e. The van der Waals surface area contributed by atoms with E-state index in [9.17, 15) is 18.0 Å². The highest BCUT2D eigenvalue weighted by Gasteiger charge is 2.33. The molecule has 7 nitrogen and oxygen atoms in total. The van der Waals surface area contributed by atoms with Gasteiger partial charge in [-0.05, 0) is 52.3 Å². The lowest BCUT2D eigenvalue weighted by molar-refractivity contribution is -0.140. The van der Waals surface area contributed by atoms with Gasteiger partial charge in [0.05, 0.1) is 22.0 Å². The predicted octanol–water partition coefficient (Wildman–Crippen LogP) is 6.47. The van der Waals surface area contributed by atoms with Gasteiger partial charge in [-0.3, -0.25) is 13.9 Å². The van der Waals surface area contributed by atoms with E-state index in [1.807, 2.05) is 56.3 Å². The zero-order valence-corrected chi connectivity index (χ0v) is 27.9. The quantitative estimate of drug-likeness (QED) is 0.245. The van der Waals surface area contributed by atoms with Crippen LogP contribution in [-0.2, 0) is 38.0 Å². The third kappa shape index (κ3) is 9.98. The SMILES string of the molecule is CC(C)CNC(=O)C(Cc1ccccc1)N(Cc1ccc(Cl)c(Cl)c1)C(=O)CN(c1ccc(C(C)(C)C)cc1)S(C)(=O)=O. The topological polar surface area (TPSA) is 86.8 Å². The number of hydrogen-bond donors (Lipinski definition) is 1. The van der Waals surface area contributed by atoms with Gasteiger partial charge in [0, 0.05) is 19.5 Å². The van der Waals surface area contributed by atoms with Crippen LogP contribution in [0.5, 0.6) is 0 Å². The van der Waals surface area contributed by atoms with Crippen LogP contribution < -0.4 is 9.62 Å². The number of halogens is 2. The molecule has 0 fully saturated rings. The van der Waals surface area contributed by atoms with E-state index in [0.29, 0.717) is 27.8 Å².